The van der Waals surface area contributed by atoms with Crippen molar-refractivity contribution in [2.45, 2.75) is 221 Å². The molecule has 6 heterocycles. The Morgan fingerprint density at radius 3 is 1.50 bits per heavy atom. The van der Waals surface area contributed by atoms with Gasteiger partial charge in [0.05, 0.1) is 37.2 Å². The van der Waals surface area contributed by atoms with Crippen LogP contribution in [0.1, 0.15) is 133 Å². The smallest absolute Gasteiger partial charge is 0.303 e. The molecule has 718 valence electrons. The number of carboxylic acids is 1. The standard InChI is InChI=1S/C88H119N23O21S/c1-7-9-21-66-81(125)99-57(29-30-74(117)118)77(121)106-65(76(120)96-43-72(92)115)44-133-45-73(116)98-60(33-48-25-27-52(112)28-26-48)84(128)107(4)47(3)75(119)102-62(37-70(90)113)86(130)110-31-16-24-68(110)83(127)101-59(36-51-42-93-46-97-51)79(123)104-63(38-71(91)114)87(131)111-32-15-23-67(111)82(126)100-58(34-49-40-94-55-19-13-11-17-53(49)55)78(122)105-64(39-89)80(124)103-61(35-50-41-95-56-20-14-12-18-54(50)56)85(129)109(6)69(22-10-8-2)88(132)108(66)5/h11-14,17-20,25-28,40-42,46-47,57-69,94-95,112H,7-10,15-16,21-24,29-39,43-45,89H2,1-6H3,(H2,90,113)(H2,91,114)(H2,92,115)(H,93,97)(H,96,120)(H,98,116)(H,99,125)(H,100,126)(H,101,127)(H,102,119)(H,103,124)(H,104,123)(H,105,122)(H,106,121)(H,117,118)/t47-,57-,58-,59-,60-,61-,62+,63-,64-,65-,66-,67-,68-,69-/m0/s1. The number of unbranched alkanes of at least 4 members (excludes halogenated alkanes) is 2. The molecule has 0 unspecified atom stereocenters. The van der Waals surface area contributed by atoms with Crippen LogP contribution in [0.15, 0.2) is 97.7 Å². The predicted molar refractivity (Wildman–Crippen MR) is 482 cm³/mol. The molecule has 3 aromatic heterocycles. The first-order valence-corrected chi connectivity index (χ1v) is 45.2. The maximum atomic E-state index is 15.7. The lowest BCUT2D eigenvalue weighted by Crippen LogP contribution is -2.62. The molecule has 3 aliphatic rings. The van der Waals surface area contributed by atoms with Crippen LogP contribution in [0, 0.1) is 0 Å². The molecule has 45 heteroatoms. The van der Waals surface area contributed by atoms with Crippen LogP contribution in [0.2, 0.25) is 0 Å². The minimum absolute atomic E-state index is 0.0290. The molecule has 14 atom stereocenters. The first-order chi connectivity index (χ1) is 63.4. The highest BCUT2D eigenvalue weighted by Crippen LogP contribution is 2.28. The molecule has 3 fully saturated rings. The summed E-state index contributed by atoms with van der Waals surface area (Å²) in [4.78, 5) is 293. The van der Waals surface area contributed by atoms with E-state index in [9.17, 15) is 67.7 Å². The highest BCUT2D eigenvalue weighted by Gasteiger charge is 2.46. The van der Waals surface area contributed by atoms with E-state index in [0.29, 0.717) is 69.5 Å². The number of H-pyrrole nitrogens is 3. The molecule has 133 heavy (non-hydrogen) atoms. The highest BCUT2D eigenvalue weighted by atomic mass is 32.2. The summed E-state index contributed by atoms with van der Waals surface area (Å²) in [6.45, 7) is 3.17. The third-order valence-corrected chi connectivity index (χ3v) is 24.7. The minimum Gasteiger partial charge on any atom is -0.508 e. The number of carbonyl (C=O) groups excluding carboxylic acids is 18. The molecule has 3 saturated heterocycles. The fraction of sp³-hybridized carbons (Fsp3) is 0.500. The largest absolute Gasteiger partial charge is 0.508 e. The van der Waals surface area contributed by atoms with Gasteiger partial charge in [-0.25, -0.2) is 4.98 Å². The zero-order valence-corrected chi connectivity index (χ0v) is 75.7. The summed E-state index contributed by atoms with van der Waals surface area (Å²) in [5, 5.41) is 47.3. The van der Waals surface area contributed by atoms with Crippen molar-refractivity contribution < 1.29 is 101 Å². The van der Waals surface area contributed by atoms with Gasteiger partial charge in [0.15, 0.2) is 0 Å². The molecule has 3 aromatic carbocycles. The Morgan fingerprint density at radius 1 is 0.496 bits per heavy atom. The molecular formula is C88H119N23O21S. The lowest BCUT2D eigenvalue weighted by molar-refractivity contribution is -0.149. The van der Waals surface area contributed by atoms with E-state index in [1.807, 2.05) is 6.92 Å². The van der Waals surface area contributed by atoms with Crippen LogP contribution in [-0.4, -0.2) is 310 Å². The molecule has 3 aliphatic heterocycles. The number of nitrogens with one attached hydrogen (secondary N) is 13. The number of likely N-dealkylation sites (N-methyl/N-ethyl adjacent to an activating group) is 3. The summed E-state index contributed by atoms with van der Waals surface area (Å²) in [5.74, 6) is -20.6. The van der Waals surface area contributed by atoms with E-state index in [1.54, 1.807) is 67.8 Å². The fourth-order valence-electron chi connectivity index (χ4n) is 16.3. The maximum Gasteiger partial charge on any atom is 0.303 e. The number of hydrogen-bond donors (Lipinski definition) is 19. The third-order valence-electron chi connectivity index (χ3n) is 23.7. The van der Waals surface area contributed by atoms with Crippen LogP contribution >= 0.6 is 11.8 Å². The summed E-state index contributed by atoms with van der Waals surface area (Å²) in [7, 11) is 3.81. The monoisotopic (exact) mass is 1870 g/mol. The fourth-order valence-corrected chi connectivity index (χ4v) is 17.1. The average molecular weight is 1870 g/mol. The molecular weight excluding hydrogens is 1750 g/mol. The van der Waals surface area contributed by atoms with Crippen LogP contribution in [0.5, 0.6) is 5.75 Å². The van der Waals surface area contributed by atoms with Gasteiger partial charge in [0.1, 0.15) is 90.3 Å². The van der Waals surface area contributed by atoms with Crippen molar-refractivity contribution >= 4 is 146 Å². The van der Waals surface area contributed by atoms with Gasteiger partial charge in [-0.15, -0.1) is 11.8 Å². The summed E-state index contributed by atoms with van der Waals surface area (Å²) >= 11 is 0.704. The Kier molecular flexibility index (Phi) is 37.7. The number of primary amides is 3. The molecule has 0 saturated carbocycles. The number of nitrogens with zero attached hydrogens (tertiary/aromatic N) is 6. The van der Waals surface area contributed by atoms with Gasteiger partial charge >= 0.3 is 5.97 Å². The van der Waals surface area contributed by atoms with Crippen LogP contribution in [0.25, 0.3) is 21.8 Å². The number of phenols is 1. The van der Waals surface area contributed by atoms with Crippen molar-refractivity contribution in [1.29, 1.82) is 0 Å². The van der Waals surface area contributed by atoms with Gasteiger partial charge < -0.3 is 126 Å². The van der Waals surface area contributed by atoms with E-state index < -0.39 is 254 Å². The van der Waals surface area contributed by atoms with Crippen LogP contribution in [-0.2, 0) is 117 Å². The van der Waals surface area contributed by atoms with Crippen LogP contribution in [0.3, 0.4) is 0 Å². The zero-order valence-electron chi connectivity index (χ0n) is 74.8. The Bertz CT molecular complexity index is 5220. The molecule has 0 bridgehead atoms. The van der Waals surface area contributed by atoms with Gasteiger partial charge in [-0.05, 0) is 92.8 Å². The predicted octanol–water partition coefficient (Wildman–Crippen LogP) is -3.50. The number of aromatic amines is 3. The number of aliphatic carboxylic acids is 1. The number of amides is 18. The van der Waals surface area contributed by atoms with Crippen LogP contribution in [0.4, 0.5) is 0 Å². The lowest BCUT2D eigenvalue weighted by Gasteiger charge is -2.36. The summed E-state index contributed by atoms with van der Waals surface area (Å²) in [6, 6.07) is -2.91. The number of para-hydroxylation sites is 2. The van der Waals surface area contributed by atoms with Crippen molar-refractivity contribution in [3.05, 3.63) is 120 Å². The number of aromatic hydroxyl groups is 1. The maximum absolute atomic E-state index is 15.7. The zero-order chi connectivity index (χ0) is 97.0. The number of phenolic OH excluding ortho intramolecular Hbond substituents is 1. The molecule has 0 radical (unpaired) electrons. The van der Waals surface area contributed by atoms with Gasteiger partial charge in [0.2, 0.25) is 106 Å². The van der Waals surface area contributed by atoms with E-state index in [0.717, 1.165) is 24.5 Å². The molecule has 44 nitrogen and oxygen atoms in total. The molecule has 18 amide bonds. The molecule has 9 rings (SSSR count). The topological polar surface area (TPSA) is 666 Å². The Hall–Kier alpha value is -14.0. The second-order valence-electron chi connectivity index (χ2n) is 33.3. The minimum atomic E-state index is -1.84. The summed E-state index contributed by atoms with van der Waals surface area (Å²) < 4.78 is 0. The van der Waals surface area contributed by atoms with Crippen LogP contribution < -0.4 is 76.1 Å². The lowest BCUT2D eigenvalue weighted by atomic mass is 10.00. The number of hydrogen-bond acceptors (Lipinski definition) is 23. The third kappa shape index (κ3) is 28.3. The number of carbonyl (C=O) groups is 19. The normalized spacial score (nSPS) is 24.3. The van der Waals surface area contributed by atoms with Gasteiger partial charge in [-0.2, -0.15) is 0 Å². The van der Waals surface area contributed by atoms with E-state index >= 15 is 33.6 Å². The van der Waals surface area contributed by atoms with Gasteiger partial charge in [0, 0.05) is 119 Å². The molecule has 0 spiro atoms. The number of aromatic nitrogens is 4. The molecule has 6 aromatic rings. The van der Waals surface area contributed by atoms with Gasteiger partial charge in [-0.3, -0.25) is 91.1 Å². The Labute approximate surface area is 769 Å². The summed E-state index contributed by atoms with van der Waals surface area (Å²) in [6.07, 6.45) is 3.21. The number of carboxylic acid groups (broad SMARTS) is 1. The number of rotatable bonds is 25. The van der Waals surface area contributed by atoms with E-state index in [1.165, 1.54) is 64.9 Å². The Morgan fingerprint density at radius 2 is 0.970 bits per heavy atom. The number of fused-ring (bicyclic) bond motifs is 4. The highest BCUT2D eigenvalue weighted by molar-refractivity contribution is 8.00. The molecule has 23 N–H and O–H groups in total. The number of nitrogens with two attached hydrogens (primary N) is 4. The van der Waals surface area contributed by atoms with E-state index in [4.69, 9.17) is 22.9 Å². The SMILES string of the molecule is CCCC[C@H]1C(=O)N(C)[C@@H](CCCC)C(=O)N[C@@H](CCC(=O)O)C(=O)N[C@H](C(=O)NCC(N)=O)CSCC(=O)N[C@@H](Cc2ccc(O)cc2)C(=O)N(C)[C@@H](C)C(=O)N[C@H](CC(N)=O)C(=O)N2CCC[C@H]2C(=O)N[C@@H](Cc2c[nH]cn2)C(=O)N[C@@H](CC(N)=O)C(=O)N2CCC[C@H]2C(=O)N[C@@H](Cc2c[nH]c3ccccc23)C(=O)N[C@@H](CN)C(=O)N[C@@H](Cc2c[nH]c3ccccc23)C(=O)N1C. The summed E-state index contributed by atoms with van der Waals surface area (Å²) in [5.41, 5.74) is 26.1. The van der Waals surface area contributed by atoms with Crippen molar-refractivity contribution in [2.75, 3.05) is 58.8 Å². The molecule has 0 aliphatic carbocycles. The van der Waals surface area contributed by atoms with E-state index in [2.05, 4.69) is 73.1 Å². The quantitative estimate of drug-likeness (QED) is 0.0264. The van der Waals surface area contributed by atoms with Crippen molar-refractivity contribution in [1.82, 2.24) is 97.6 Å². The van der Waals surface area contributed by atoms with Gasteiger partial charge in [0.25, 0.3) is 0 Å². The van der Waals surface area contributed by atoms with Crippen molar-refractivity contribution in [3.8, 4) is 5.75 Å². The number of benzene rings is 3. The van der Waals surface area contributed by atoms with E-state index in [-0.39, 0.29) is 88.7 Å². The second kappa shape index (κ2) is 48.8. The first kappa shape index (κ1) is 103. The van der Waals surface area contributed by atoms with Crippen molar-refractivity contribution in [2.24, 2.45) is 22.9 Å². The Balaban J connectivity index is 1.09. The average Bonchev–Trinajstić information content (AvgIpc) is 1.30. The first-order valence-electron chi connectivity index (χ1n) is 44.0. The second-order valence-corrected chi connectivity index (χ2v) is 34.3. The number of imidazole rings is 1. The van der Waals surface area contributed by atoms with Gasteiger partial charge in [-0.1, -0.05) is 88.1 Å². The number of thioether (sulfide) groups is 1. The van der Waals surface area contributed by atoms with Crippen molar-refractivity contribution in [3.63, 3.8) is 0 Å².